The van der Waals surface area contributed by atoms with E-state index in [0.29, 0.717) is 13.2 Å². The van der Waals surface area contributed by atoms with E-state index in [1.807, 2.05) is 13.8 Å². The van der Waals surface area contributed by atoms with Crippen molar-refractivity contribution in [1.29, 1.82) is 0 Å². The quantitative estimate of drug-likeness (QED) is 0.689. The second kappa shape index (κ2) is 18.6. The minimum absolute atomic E-state index is 0.691. The highest BCUT2D eigenvalue weighted by molar-refractivity contribution is 5.81. The molecule has 2 rings (SSSR count). The van der Waals surface area contributed by atoms with Crippen LogP contribution in [0.4, 0.5) is 0 Å². The van der Waals surface area contributed by atoms with Gasteiger partial charge in [0.05, 0.1) is 13.2 Å². The lowest BCUT2D eigenvalue weighted by Crippen LogP contribution is -1.96. The fourth-order valence-electron chi connectivity index (χ4n) is 1.30. The topological polar surface area (TPSA) is 18.5 Å². The molecule has 2 nitrogen and oxygen atoms in total. The average molecular weight is 292 g/mol. The smallest absolute Gasteiger partial charge is 0.0696 e. The molecule has 0 saturated heterocycles. The molecule has 0 amide bonds. The zero-order chi connectivity index (χ0) is 16.3. The molecule has 120 valence electrons. The largest absolute Gasteiger partial charge is 0.382 e. The third-order valence-electron chi connectivity index (χ3n) is 2.15. The first-order valence-corrected chi connectivity index (χ1v) is 7.71. The summed E-state index contributed by atoms with van der Waals surface area (Å²) >= 11 is 0. The Bertz CT molecular complexity index is 343. The van der Waals surface area contributed by atoms with Crippen molar-refractivity contribution in [2.75, 3.05) is 27.4 Å². The van der Waals surface area contributed by atoms with Gasteiger partial charge >= 0.3 is 0 Å². The van der Waals surface area contributed by atoms with Crippen molar-refractivity contribution in [2.45, 2.75) is 34.1 Å². The second-order valence-electron chi connectivity index (χ2n) is 4.04. The highest BCUT2D eigenvalue weighted by Crippen LogP contribution is 2.11. The standard InChI is InChI=1S/C10H8.C4H10O2.C3H8.C2H6/c1-2-6-10-8-4-3-7-9(10)5-1;1-5-3-4-6-2;1-3-2;1-2/h1-8H;3-4H2,1-2H3;3H2,1-2H3;1-2H3. The molecular weight excluding hydrogens is 260 g/mol. The Morgan fingerprint density at radius 2 is 0.905 bits per heavy atom. The van der Waals surface area contributed by atoms with Crippen LogP contribution in [0.15, 0.2) is 48.5 Å². The summed E-state index contributed by atoms with van der Waals surface area (Å²) in [5.41, 5.74) is 0. The molecular formula is C19H32O2. The number of fused-ring (bicyclic) bond motifs is 1. The van der Waals surface area contributed by atoms with Crippen LogP contribution in [-0.2, 0) is 9.47 Å². The van der Waals surface area contributed by atoms with Crippen molar-refractivity contribution >= 4 is 10.8 Å². The van der Waals surface area contributed by atoms with Crippen molar-refractivity contribution in [3.8, 4) is 0 Å². The van der Waals surface area contributed by atoms with Crippen LogP contribution in [0.25, 0.3) is 10.8 Å². The van der Waals surface area contributed by atoms with Crippen molar-refractivity contribution in [3.63, 3.8) is 0 Å². The summed E-state index contributed by atoms with van der Waals surface area (Å²) in [6.45, 7) is 9.63. The molecule has 0 fully saturated rings. The number of hydrogen-bond donors (Lipinski definition) is 0. The Morgan fingerprint density at radius 1 is 0.667 bits per heavy atom. The Kier molecular flexibility index (Phi) is 19.4. The summed E-state index contributed by atoms with van der Waals surface area (Å²) in [5.74, 6) is 0. The number of methoxy groups -OCH3 is 2. The van der Waals surface area contributed by atoms with Gasteiger partial charge in [0.1, 0.15) is 0 Å². The molecule has 0 bridgehead atoms. The van der Waals surface area contributed by atoms with Gasteiger partial charge in [0, 0.05) is 14.2 Å². The molecule has 0 radical (unpaired) electrons. The number of benzene rings is 2. The number of hydrogen-bond acceptors (Lipinski definition) is 2. The van der Waals surface area contributed by atoms with E-state index in [1.54, 1.807) is 14.2 Å². The van der Waals surface area contributed by atoms with E-state index in [2.05, 4.69) is 71.9 Å². The fourth-order valence-corrected chi connectivity index (χ4v) is 1.30. The summed E-state index contributed by atoms with van der Waals surface area (Å²) in [7, 11) is 3.30. The van der Waals surface area contributed by atoms with Gasteiger partial charge in [-0.2, -0.15) is 0 Å². The lowest BCUT2D eigenvalue weighted by atomic mass is 10.1. The van der Waals surface area contributed by atoms with Crippen LogP contribution in [0.5, 0.6) is 0 Å². The SMILES string of the molecule is CC.CCC.COCCOC.c1ccc2ccccc2c1. The third kappa shape index (κ3) is 13.4. The van der Waals surface area contributed by atoms with E-state index in [1.165, 1.54) is 17.2 Å². The van der Waals surface area contributed by atoms with Crippen LogP contribution in [-0.4, -0.2) is 27.4 Å². The average Bonchev–Trinajstić information content (AvgIpc) is 2.56. The van der Waals surface area contributed by atoms with Gasteiger partial charge in [0.15, 0.2) is 0 Å². The predicted molar refractivity (Wildman–Crippen MR) is 95.0 cm³/mol. The number of ether oxygens (including phenoxy) is 2. The normalized spacial score (nSPS) is 8.48. The molecule has 21 heavy (non-hydrogen) atoms. The highest BCUT2D eigenvalue weighted by atomic mass is 16.5. The van der Waals surface area contributed by atoms with E-state index >= 15 is 0 Å². The van der Waals surface area contributed by atoms with Crippen molar-refractivity contribution < 1.29 is 9.47 Å². The first-order valence-electron chi connectivity index (χ1n) is 7.71. The minimum atomic E-state index is 0.691. The fraction of sp³-hybridized carbons (Fsp3) is 0.474. The van der Waals surface area contributed by atoms with E-state index in [0.717, 1.165) is 0 Å². The predicted octanol–water partition coefficient (Wildman–Crippen LogP) is 5.56. The van der Waals surface area contributed by atoms with Crippen LogP contribution in [0.1, 0.15) is 34.1 Å². The van der Waals surface area contributed by atoms with E-state index in [9.17, 15) is 0 Å². The highest BCUT2D eigenvalue weighted by Gasteiger charge is 1.85. The van der Waals surface area contributed by atoms with Gasteiger partial charge in [-0.15, -0.1) is 0 Å². The van der Waals surface area contributed by atoms with Crippen molar-refractivity contribution in [2.24, 2.45) is 0 Å². The Hall–Kier alpha value is -1.38. The monoisotopic (exact) mass is 292 g/mol. The zero-order valence-electron chi connectivity index (χ0n) is 14.6. The maximum atomic E-state index is 4.66. The number of rotatable bonds is 3. The van der Waals surface area contributed by atoms with E-state index < -0.39 is 0 Å². The van der Waals surface area contributed by atoms with Gasteiger partial charge in [0.25, 0.3) is 0 Å². The summed E-state index contributed by atoms with van der Waals surface area (Å²) in [5, 5.41) is 2.62. The van der Waals surface area contributed by atoms with E-state index in [-0.39, 0.29) is 0 Å². The van der Waals surface area contributed by atoms with Crippen LogP contribution < -0.4 is 0 Å². The van der Waals surface area contributed by atoms with Gasteiger partial charge in [-0.1, -0.05) is 82.6 Å². The molecule has 0 unspecified atom stereocenters. The molecule has 0 saturated carbocycles. The third-order valence-corrected chi connectivity index (χ3v) is 2.15. The molecule has 0 N–H and O–H groups in total. The molecule has 0 atom stereocenters. The summed E-state index contributed by atoms with van der Waals surface area (Å²) in [4.78, 5) is 0. The second-order valence-corrected chi connectivity index (χ2v) is 4.04. The van der Waals surface area contributed by atoms with Crippen LogP contribution >= 0.6 is 0 Å². The molecule has 2 aromatic rings. The van der Waals surface area contributed by atoms with Crippen LogP contribution in [0, 0.1) is 0 Å². The van der Waals surface area contributed by atoms with Gasteiger partial charge in [-0.25, -0.2) is 0 Å². The molecule has 0 aliphatic rings. The molecule has 0 spiro atoms. The van der Waals surface area contributed by atoms with Gasteiger partial charge in [-0.3, -0.25) is 0 Å². The molecule has 0 aromatic heterocycles. The molecule has 2 aromatic carbocycles. The lowest BCUT2D eigenvalue weighted by molar-refractivity contribution is 0.103. The zero-order valence-corrected chi connectivity index (χ0v) is 14.6. The maximum absolute atomic E-state index is 4.66. The summed E-state index contributed by atoms with van der Waals surface area (Å²) < 4.78 is 9.31. The maximum Gasteiger partial charge on any atom is 0.0696 e. The molecule has 2 heteroatoms. The Balaban J connectivity index is 0. The van der Waals surface area contributed by atoms with Crippen LogP contribution in [0.2, 0.25) is 0 Å². The van der Waals surface area contributed by atoms with Gasteiger partial charge < -0.3 is 9.47 Å². The Morgan fingerprint density at radius 3 is 1.10 bits per heavy atom. The first kappa shape index (κ1) is 21.9. The van der Waals surface area contributed by atoms with Crippen molar-refractivity contribution in [1.82, 2.24) is 0 Å². The molecule has 0 heterocycles. The minimum Gasteiger partial charge on any atom is -0.382 e. The van der Waals surface area contributed by atoms with Gasteiger partial charge in [0.2, 0.25) is 0 Å². The molecule has 0 aliphatic heterocycles. The van der Waals surface area contributed by atoms with Crippen molar-refractivity contribution in [3.05, 3.63) is 48.5 Å². The first-order chi connectivity index (χ1) is 10.3. The summed E-state index contributed by atoms with van der Waals surface area (Å²) in [6.07, 6.45) is 1.25. The van der Waals surface area contributed by atoms with E-state index in [4.69, 9.17) is 0 Å². The van der Waals surface area contributed by atoms with Gasteiger partial charge in [-0.05, 0) is 10.8 Å². The van der Waals surface area contributed by atoms with Crippen LogP contribution in [0.3, 0.4) is 0 Å². The summed E-state index contributed by atoms with van der Waals surface area (Å²) in [6, 6.07) is 16.7. The molecule has 0 aliphatic carbocycles. The lowest BCUT2D eigenvalue weighted by Gasteiger charge is -1.92. The Labute approximate surface area is 131 Å².